The van der Waals surface area contributed by atoms with Crippen LogP contribution >= 0.6 is 0 Å². The first-order valence-corrected chi connectivity index (χ1v) is 14.2. The fourth-order valence-corrected chi connectivity index (χ4v) is 7.17. The third kappa shape index (κ3) is 4.72. The second kappa shape index (κ2) is 9.42. The van der Waals surface area contributed by atoms with Gasteiger partial charge in [0.1, 0.15) is 11.6 Å². The summed E-state index contributed by atoms with van der Waals surface area (Å²) in [6.07, 6.45) is -0.0457. The first-order chi connectivity index (χ1) is 18.5. The predicted molar refractivity (Wildman–Crippen MR) is 139 cm³/mol. The summed E-state index contributed by atoms with van der Waals surface area (Å²) in [5, 5.41) is 10.2. The monoisotopic (exact) mass is 568 g/mol. The second-order valence-corrected chi connectivity index (χ2v) is 12.3. The van der Waals surface area contributed by atoms with Crippen LogP contribution in [0.1, 0.15) is 6.42 Å². The summed E-state index contributed by atoms with van der Waals surface area (Å²) in [5.41, 5.74) is 6.27. The zero-order chi connectivity index (χ0) is 27.5. The summed E-state index contributed by atoms with van der Waals surface area (Å²) in [7, 11) is -2.70. The van der Waals surface area contributed by atoms with E-state index in [9.17, 15) is 22.5 Å². The Morgan fingerprint density at radius 1 is 1.10 bits per heavy atom. The Hall–Kier alpha value is -3.28. The minimum atomic E-state index is -4.56. The van der Waals surface area contributed by atoms with Crippen molar-refractivity contribution >= 4 is 43.6 Å². The fourth-order valence-electron chi connectivity index (χ4n) is 5.26. The molecule has 3 N–H and O–H groups in total. The number of aromatic nitrogens is 6. The van der Waals surface area contributed by atoms with Crippen molar-refractivity contribution < 1.29 is 27.2 Å². The van der Waals surface area contributed by atoms with Gasteiger partial charge in [-0.3, -0.25) is 8.78 Å². The Balaban J connectivity index is 1.50. The highest BCUT2D eigenvalue weighted by Gasteiger charge is 2.41. The highest BCUT2D eigenvalue weighted by atomic mass is 32.2. The quantitative estimate of drug-likeness (QED) is 0.428. The lowest BCUT2D eigenvalue weighted by atomic mass is 10.1. The molecule has 3 aliphatic heterocycles. The van der Waals surface area contributed by atoms with E-state index in [2.05, 4.69) is 24.9 Å². The average Bonchev–Trinajstić information content (AvgIpc) is 3.36. The maximum absolute atomic E-state index is 13.9. The minimum Gasteiger partial charge on any atom is -0.378 e. The van der Waals surface area contributed by atoms with E-state index in [0.29, 0.717) is 44.2 Å². The second-order valence-electron chi connectivity index (χ2n) is 9.73. The van der Waals surface area contributed by atoms with E-state index in [-0.39, 0.29) is 59.5 Å². The van der Waals surface area contributed by atoms with Gasteiger partial charge in [0.2, 0.25) is 11.9 Å². The molecule has 2 saturated heterocycles. The largest absolute Gasteiger partial charge is 0.406 e. The van der Waals surface area contributed by atoms with Crippen LogP contribution in [0.5, 0.6) is 0 Å². The van der Waals surface area contributed by atoms with Gasteiger partial charge >= 0.3 is 6.18 Å². The van der Waals surface area contributed by atoms with Crippen LogP contribution < -0.4 is 15.5 Å². The Labute approximate surface area is 221 Å². The maximum atomic E-state index is 13.9. The van der Waals surface area contributed by atoms with Gasteiger partial charge in [-0.15, -0.1) is 0 Å². The Morgan fingerprint density at radius 3 is 2.51 bits per heavy atom. The number of nitrogens with two attached hydrogens (primary N) is 1. The van der Waals surface area contributed by atoms with Crippen LogP contribution in [0.25, 0.3) is 22.6 Å². The summed E-state index contributed by atoms with van der Waals surface area (Å²) < 4.78 is 63.0. The fraction of sp³-hybridized carbons (Fsp3) is 0.545. The summed E-state index contributed by atoms with van der Waals surface area (Å²) >= 11 is 0. The van der Waals surface area contributed by atoms with Crippen LogP contribution in [0.2, 0.25) is 0 Å². The molecule has 17 heteroatoms. The third-order valence-electron chi connectivity index (χ3n) is 7.14. The molecule has 3 aromatic rings. The molecule has 6 heterocycles. The van der Waals surface area contributed by atoms with Gasteiger partial charge in [0.05, 0.1) is 28.5 Å². The SMILES string of the molecule is CS1(=O)=C(O)C[C@H]2CN(c3nc4c(N5CCOCC5)nc(-c5cnc(N)nc5)nc4n3CC(F)(F)F)CCN21. The maximum Gasteiger partial charge on any atom is 0.406 e. The number of fused-ring (bicyclic) bond motifs is 2. The van der Waals surface area contributed by atoms with Gasteiger partial charge in [0.25, 0.3) is 0 Å². The van der Waals surface area contributed by atoms with Crippen molar-refractivity contribution in [3.63, 3.8) is 0 Å². The first-order valence-electron chi connectivity index (χ1n) is 12.3. The van der Waals surface area contributed by atoms with Gasteiger partial charge in [0, 0.05) is 63.8 Å². The Bertz CT molecular complexity index is 1530. The molecule has 0 radical (unpaired) electrons. The van der Waals surface area contributed by atoms with E-state index < -0.39 is 22.4 Å². The van der Waals surface area contributed by atoms with E-state index in [0.717, 1.165) is 4.57 Å². The summed E-state index contributed by atoms with van der Waals surface area (Å²) in [6.45, 7) is 1.32. The number of aliphatic hydroxyl groups is 1. The molecule has 6 rings (SSSR count). The first kappa shape index (κ1) is 26.0. The van der Waals surface area contributed by atoms with Crippen LogP contribution in [0, 0.1) is 0 Å². The van der Waals surface area contributed by atoms with Crippen molar-refractivity contribution in [3.8, 4) is 11.4 Å². The summed E-state index contributed by atoms with van der Waals surface area (Å²) in [4.78, 5) is 25.5. The normalized spacial score (nSPS) is 24.5. The molecule has 13 nitrogen and oxygen atoms in total. The number of aliphatic hydroxyl groups excluding tert-OH is 1. The zero-order valence-corrected chi connectivity index (χ0v) is 21.8. The average molecular weight is 569 g/mol. The molecule has 0 bridgehead atoms. The Morgan fingerprint density at radius 2 is 1.82 bits per heavy atom. The number of ether oxygens (including phenoxy) is 1. The molecular weight excluding hydrogens is 541 g/mol. The van der Waals surface area contributed by atoms with Gasteiger partial charge in [0.15, 0.2) is 22.8 Å². The van der Waals surface area contributed by atoms with Gasteiger partial charge in [-0.25, -0.2) is 29.2 Å². The van der Waals surface area contributed by atoms with E-state index in [1.165, 1.54) is 18.6 Å². The van der Waals surface area contributed by atoms with Crippen LogP contribution in [-0.4, -0.2) is 113 Å². The number of nitrogens with zero attached hydrogens (tertiary/aromatic N) is 9. The molecule has 2 atom stereocenters. The van der Waals surface area contributed by atoms with Gasteiger partial charge in [-0.2, -0.15) is 13.2 Å². The summed E-state index contributed by atoms with van der Waals surface area (Å²) in [5.74, 6) is 0.664. The van der Waals surface area contributed by atoms with Crippen LogP contribution in [0.3, 0.4) is 0 Å². The van der Waals surface area contributed by atoms with Crippen molar-refractivity contribution in [2.45, 2.75) is 25.2 Å². The van der Waals surface area contributed by atoms with Crippen LogP contribution in [-0.2, 0) is 21.0 Å². The van der Waals surface area contributed by atoms with Gasteiger partial charge in [-0.1, -0.05) is 0 Å². The molecule has 1 unspecified atom stereocenters. The number of alkyl halides is 3. The Kier molecular flexibility index (Phi) is 6.28. The lowest BCUT2D eigenvalue weighted by Gasteiger charge is -2.38. The van der Waals surface area contributed by atoms with Gasteiger partial charge in [-0.05, 0) is 0 Å². The minimum absolute atomic E-state index is 0.0215. The lowest BCUT2D eigenvalue weighted by Crippen LogP contribution is -2.53. The molecular formula is C22H27F3N10O3S. The number of hydrogen-bond acceptors (Lipinski definition) is 10. The standard InChI is InChI=1S/C22H27F3N10O3S/c1-39(37)15(36)8-14-11-33(2-3-35(14)39)21-29-16-18(32-4-6-38-7-5-32)30-17(13-9-27-20(26)28-10-13)31-19(16)34(21)12-22(23,24)25/h9-10,14,36H,2-8,11-12H2,1H3,(H2,26,27,28)/t14-,39?/m0/s1. The molecule has 0 spiro atoms. The van der Waals surface area contributed by atoms with E-state index in [1.54, 1.807) is 9.21 Å². The highest BCUT2D eigenvalue weighted by molar-refractivity contribution is 7.99. The number of rotatable bonds is 4. The van der Waals surface area contributed by atoms with E-state index in [1.807, 2.05) is 4.90 Å². The third-order valence-corrected chi connectivity index (χ3v) is 9.56. The topological polar surface area (TPSA) is 152 Å². The van der Waals surface area contributed by atoms with Crippen molar-refractivity contribution in [3.05, 3.63) is 12.4 Å². The zero-order valence-electron chi connectivity index (χ0n) is 21.0. The molecule has 210 valence electrons. The number of nitrogen functional groups attached to an aromatic ring is 1. The van der Waals surface area contributed by atoms with Crippen LogP contribution in [0.15, 0.2) is 12.4 Å². The number of hydrogen-bond donors (Lipinski definition) is 2. The molecule has 3 aliphatic rings. The molecule has 0 saturated carbocycles. The van der Waals surface area contributed by atoms with Crippen molar-refractivity contribution in [1.82, 2.24) is 33.8 Å². The number of halogens is 3. The molecule has 0 aliphatic carbocycles. The smallest absolute Gasteiger partial charge is 0.378 e. The van der Waals surface area contributed by atoms with Crippen molar-refractivity contribution in [1.29, 1.82) is 0 Å². The van der Waals surface area contributed by atoms with Crippen molar-refractivity contribution in [2.75, 3.05) is 67.7 Å². The number of morpholine rings is 1. The molecule has 3 aromatic heterocycles. The number of anilines is 3. The van der Waals surface area contributed by atoms with Crippen LogP contribution in [0.4, 0.5) is 30.9 Å². The highest BCUT2D eigenvalue weighted by Crippen LogP contribution is 2.35. The summed E-state index contributed by atoms with van der Waals surface area (Å²) in [6, 6.07) is -0.317. The van der Waals surface area contributed by atoms with E-state index >= 15 is 0 Å². The molecule has 0 aromatic carbocycles. The number of imidazole rings is 1. The molecule has 2 fully saturated rings. The number of piperazine rings is 1. The predicted octanol–water partition coefficient (Wildman–Crippen LogP) is 0.676. The molecule has 0 amide bonds. The lowest BCUT2D eigenvalue weighted by molar-refractivity contribution is -0.139. The van der Waals surface area contributed by atoms with Crippen molar-refractivity contribution in [2.24, 2.45) is 0 Å². The van der Waals surface area contributed by atoms with Gasteiger partial charge < -0.3 is 25.4 Å². The van der Waals surface area contributed by atoms with E-state index in [4.69, 9.17) is 10.5 Å². The molecule has 39 heavy (non-hydrogen) atoms.